The molecule has 7 N–H and O–H groups in total. The van der Waals surface area contributed by atoms with Gasteiger partial charge in [-0.1, -0.05) is 30.4 Å². The fourth-order valence-electron chi connectivity index (χ4n) is 6.32. The second kappa shape index (κ2) is 9.55. The number of aliphatic hydroxyl groups is 3. The minimum atomic E-state index is -2.54. The summed E-state index contributed by atoms with van der Waals surface area (Å²) in [6.07, 6.45) is 2.65. The van der Waals surface area contributed by atoms with Crippen molar-refractivity contribution >= 4 is 23.5 Å². The van der Waals surface area contributed by atoms with Crippen LogP contribution >= 0.6 is 0 Å². The van der Waals surface area contributed by atoms with E-state index in [9.17, 15) is 39.9 Å². The lowest BCUT2D eigenvalue weighted by atomic mass is 9.57. The molecule has 0 heterocycles. The third kappa shape index (κ3) is 3.98. The van der Waals surface area contributed by atoms with E-state index < -0.39 is 52.7 Å². The van der Waals surface area contributed by atoms with Gasteiger partial charge in [0.1, 0.15) is 17.4 Å². The second-order valence-electron chi connectivity index (χ2n) is 10.3. The summed E-state index contributed by atoms with van der Waals surface area (Å²) in [6.45, 7) is 0. The summed E-state index contributed by atoms with van der Waals surface area (Å²) >= 11 is 0. The van der Waals surface area contributed by atoms with Gasteiger partial charge < -0.3 is 36.0 Å². The van der Waals surface area contributed by atoms with Gasteiger partial charge >= 0.3 is 0 Å². The monoisotopic (exact) mass is 535 g/mol. The number of phenolic OH excluding ortho intramolecular Hbond substituents is 2. The van der Waals surface area contributed by atoms with Crippen LogP contribution in [0.2, 0.25) is 0 Å². The van der Waals surface area contributed by atoms with Crippen molar-refractivity contribution in [2.45, 2.75) is 37.4 Å². The van der Waals surface area contributed by atoms with Crippen molar-refractivity contribution in [3.05, 3.63) is 70.0 Å². The van der Waals surface area contributed by atoms with Gasteiger partial charge in [-0.3, -0.25) is 14.4 Å². The number of amides is 1. The number of rotatable bonds is 5. The first-order valence-electron chi connectivity index (χ1n) is 12.6. The number of methoxy groups -OCH3 is 1. The number of ketones is 2. The van der Waals surface area contributed by atoms with Crippen molar-refractivity contribution in [1.29, 1.82) is 0 Å². The maximum atomic E-state index is 13.6. The molecule has 204 valence electrons. The number of carbonyl (C=O) groups excluding carboxylic acids is 3. The summed E-state index contributed by atoms with van der Waals surface area (Å²) < 4.78 is 5.14. The number of para-hydroxylation sites is 1. The number of phenols is 2. The Kier molecular flexibility index (Phi) is 6.48. The summed E-state index contributed by atoms with van der Waals surface area (Å²) in [5.41, 5.74) is 4.32. The number of benzene rings is 2. The van der Waals surface area contributed by atoms with Gasteiger partial charge in [0, 0.05) is 17.1 Å². The molecule has 3 aliphatic rings. The lowest BCUT2D eigenvalue weighted by Crippen LogP contribution is -2.63. The van der Waals surface area contributed by atoms with Crippen LogP contribution in [0.4, 0.5) is 0 Å². The third-order valence-corrected chi connectivity index (χ3v) is 8.25. The number of fused-ring (bicyclic) bond motifs is 3. The van der Waals surface area contributed by atoms with E-state index in [1.807, 2.05) is 0 Å². The Balaban J connectivity index is 1.53. The van der Waals surface area contributed by atoms with E-state index >= 15 is 0 Å². The SMILES string of the molecule is COc1cccc(C/C=C\c2ccc(O)c3c2C[C@H]2C[C@H]4CC(O)C(C(N)=O)C(=O)[C@@]4(O)C(O)=C2C3=O)c1O. The van der Waals surface area contributed by atoms with E-state index in [0.29, 0.717) is 28.9 Å². The lowest BCUT2D eigenvalue weighted by molar-refractivity contribution is -0.167. The molecule has 0 saturated heterocycles. The zero-order chi connectivity index (χ0) is 28.2. The molecule has 1 saturated carbocycles. The molecule has 0 radical (unpaired) electrons. The van der Waals surface area contributed by atoms with Crippen molar-refractivity contribution in [3.63, 3.8) is 0 Å². The summed E-state index contributed by atoms with van der Waals surface area (Å²) in [5.74, 6) is -7.04. The molecule has 2 unspecified atom stereocenters. The number of allylic oxidation sites excluding steroid dienone is 2. The van der Waals surface area contributed by atoms with Gasteiger partial charge in [-0.05, 0) is 54.9 Å². The summed E-state index contributed by atoms with van der Waals surface area (Å²) in [4.78, 5) is 38.6. The second-order valence-corrected chi connectivity index (χ2v) is 10.3. The van der Waals surface area contributed by atoms with Crippen LogP contribution in [0.25, 0.3) is 6.08 Å². The Bertz CT molecular complexity index is 1460. The molecule has 2 aromatic rings. The normalized spacial score (nSPS) is 28.2. The van der Waals surface area contributed by atoms with Gasteiger partial charge in [-0.15, -0.1) is 0 Å². The zero-order valence-electron chi connectivity index (χ0n) is 21.1. The van der Waals surface area contributed by atoms with Gasteiger partial charge in [0.25, 0.3) is 0 Å². The van der Waals surface area contributed by atoms with Crippen LogP contribution in [0.3, 0.4) is 0 Å². The van der Waals surface area contributed by atoms with Gasteiger partial charge in [0.05, 0.1) is 18.8 Å². The molecule has 1 amide bonds. The average Bonchev–Trinajstić information content (AvgIpc) is 2.88. The maximum absolute atomic E-state index is 13.6. The molecule has 5 atom stereocenters. The van der Waals surface area contributed by atoms with E-state index in [2.05, 4.69) is 0 Å². The van der Waals surface area contributed by atoms with Gasteiger partial charge in [0.15, 0.2) is 28.7 Å². The Labute approximate surface area is 223 Å². The molecule has 39 heavy (non-hydrogen) atoms. The minimum Gasteiger partial charge on any atom is -0.508 e. The highest BCUT2D eigenvalue weighted by atomic mass is 16.5. The predicted octanol–water partition coefficient (Wildman–Crippen LogP) is 1.72. The van der Waals surface area contributed by atoms with E-state index in [0.717, 1.165) is 0 Å². The zero-order valence-corrected chi connectivity index (χ0v) is 21.1. The minimum absolute atomic E-state index is 0.0234. The van der Waals surface area contributed by atoms with Gasteiger partial charge in [-0.2, -0.15) is 0 Å². The van der Waals surface area contributed by atoms with Crippen LogP contribution in [0, 0.1) is 17.8 Å². The van der Waals surface area contributed by atoms with Gasteiger partial charge in [-0.25, -0.2) is 0 Å². The fraction of sp³-hybridized carbons (Fsp3) is 0.345. The highest BCUT2D eigenvalue weighted by Crippen LogP contribution is 2.52. The first-order chi connectivity index (χ1) is 18.5. The number of nitrogens with two attached hydrogens (primary N) is 1. The Morgan fingerprint density at radius 3 is 2.59 bits per heavy atom. The van der Waals surface area contributed by atoms with Crippen LogP contribution in [0.1, 0.15) is 39.9 Å². The largest absolute Gasteiger partial charge is 0.508 e. The van der Waals surface area contributed by atoms with Crippen LogP contribution in [-0.4, -0.2) is 61.8 Å². The summed E-state index contributed by atoms with van der Waals surface area (Å²) in [5, 5.41) is 53.8. The molecule has 10 nitrogen and oxygen atoms in total. The Morgan fingerprint density at radius 1 is 1.15 bits per heavy atom. The number of Topliss-reactive ketones (excluding diaryl/α,β-unsaturated/α-hetero) is 2. The van der Waals surface area contributed by atoms with Crippen LogP contribution in [-0.2, 0) is 22.4 Å². The van der Waals surface area contributed by atoms with Crippen LogP contribution in [0.15, 0.2) is 47.7 Å². The Morgan fingerprint density at radius 2 is 1.90 bits per heavy atom. The predicted molar refractivity (Wildman–Crippen MR) is 138 cm³/mol. The molecule has 5 rings (SSSR count). The Hall–Kier alpha value is -4.15. The van der Waals surface area contributed by atoms with Crippen molar-refractivity contribution < 1.29 is 44.7 Å². The van der Waals surface area contributed by atoms with E-state index in [-0.39, 0.29) is 41.9 Å². The maximum Gasteiger partial charge on any atom is 0.230 e. The molecule has 0 aromatic heterocycles. The van der Waals surface area contributed by atoms with Crippen molar-refractivity contribution in [3.8, 4) is 17.2 Å². The summed E-state index contributed by atoms with van der Waals surface area (Å²) in [6, 6.07) is 8.16. The third-order valence-electron chi connectivity index (χ3n) is 8.25. The smallest absolute Gasteiger partial charge is 0.230 e. The van der Waals surface area contributed by atoms with Gasteiger partial charge in [0.2, 0.25) is 5.91 Å². The molecule has 0 bridgehead atoms. The molecule has 3 aliphatic carbocycles. The first-order valence-corrected chi connectivity index (χ1v) is 12.6. The first kappa shape index (κ1) is 26.5. The standard InChI is InChI=1S/C29H29NO9/c1-39-20-7-3-6-14(24(20)33)5-2-4-13-8-9-18(31)22-17(13)11-15-10-16-12-19(32)23(28(30)37)27(36)29(16,38)26(35)21(15)25(22)34/h2-4,6-9,15-16,19,23,31-33,35,38H,5,10-12H2,1H3,(H2,30,37)/b4-2-/t15-,16+,19?,23?,29+/m1/s1. The topological polar surface area (TPSA) is 188 Å². The molecular weight excluding hydrogens is 506 g/mol. The fourth-order valence-corrected chi connectivity index (χ4v) is 6.32. The molecular formula is C29H29NO9. The molecule has 1 fully saturated rings. The van der Waals surface area contributed by atoms with Crippen LogP contribution in [0.5, 0.6) is 17.2 Å². The number of hydrogen-bond acceptors (Lipinski definition) is 9. The van der Waals surface area contributed by atoms with Crippen molar-refractivity contribution in [2.24, 2.45) is 23.5 Å². The number of aliphatic hydroxyl groups excluding tert-OH is 2. The highest BCUT2D eigenvalue weighted by molar-refractivity contribution is 6.15. The van der Waals surface area contributed by atoms with E-state index in [1.54, 1.807) is 36.4 Å². The van der Waals surface area contributed by atoms with Crippen molar-refractivity contribution in [2.75, 3.05) is 7.11 Å². The van der Waals surface area contributed by atoms with E-state index in [1.165, 1.54) is 13.2 Å². The number of hydrogen-bond donors (Lipinski definition) is 6. The summed E-state index contributed by atoms with van der Waals surface area (Å²) in [7, 11) is 1.46. The highest BCUT2D eigenvalue weighted by Gasteiger charge is 2.62. The number of aromatic hydroxyl groups is 2. The average molecular weight is 536 g/mol. The molecule has 2 aromatic carbocycles. The van der Waals surface area contributed by atoms with Crippen LogP contribution < -0.4 is 10.5 Å². The molecule has 0 aliphatic heterocycles. The van der Waals surface area contributed by atoms with Crippen molar-refractivity contribution in [1.82, 2.24) is 0 Å². The number of ether oxygens (including phenoxy) is 1. The lowest BCUT2D eigenvalue weighted by Gasteiger charge is -2.48. The molecule has 10 heteroatoms. The quantitative estimate of drug-likeness (QED) is 0.310. The number of carbonyl (C=O) groups is 3. The number of primary amides is 1. The molecule has 0 spiro atoms. The van der Waals surface area contributed by atoms with E-state index in [4.69, 9.17) is 10.5 Å².